The van der Waals surface area contributed by atoms with Gasteiger partial charge < -0.3 is 30.7 Å². The van der Waals surface area contributed by atoms with Crippen LogP contribution in [-0.4, -0.2) is 48.7 Å². The number of nitriles is 2. The quantitative estimate of drug-likeness (QED) is 0.0507. The van der Waals surface area contributed by atoms with Crippen LogP contribution in [0.2, 0.25) is 0 Å². The monoisotopic (exact) mass is 894 g/mol. The highest BCUT2D eigenvalue weighted by atomic mass is 32.1. The lowest BCUT2D eigenvalue weighted by atomic mass is 10.0. The van der Waals surface area contributed by atoms with Crippen LogP contribution in [0.1, 0.15) is 57.3 Å². The van der Waals surface area contributed by atoms with Gasteiger partial charge in [-0.15, -0.1) is 0 Å². The van der Waals surface area contributed by atoms with E-state index in [9.17, 15) is 20.1 Å². The molecule has 0 saturated heterocycles. The number of benzene rings is 6. The van der Waals surface area contributed by atoms with Crippen LogP contribution in [0.5, 0.6) is 0 Å². The van der Waals surface area contributed by atoms with Gasteiger partial charge in [-0.3, -0.25) is 10.6 Å². The van der Waals surface area contributed by atoms with Gasteiger partial charge in [0.25, 0.3) is 0 Å². The van der Waals surface area contributed by atoms with Crippen molar-refractivity contribution in [3.05, 3.63) is 154 Å². The van der Waals surface area contributed by atoms with E-state index >= 15 is 0 Å². The summed E-state index contributed by atoms with van der Waals surface area (Å²) in [6, 6.07) is 39.9. The number of nitrogens with one attached hydrogen (secondary N) is 6. The predicted octanol–water partition coefficient (Wildman–Crippen LogP) is 9.99. The molecule has 6 N–H and O–H groups in total. The van der Waals surface area contributed by atoms with Crippen molar-refractivity contribution < 1.29 is 19.1 Å². The Morgan fingerprint density at radius 3 is 1.11 bits per heavy atom. The molecule has 0 bridgehead atoms. The zero-order valence-corrected chi connectivity index (χ0v) is 36.7. The number of carbonyl (C=O) groups excluding carboxylic acids is 2. The van der Waals surface area contributed by atoms with Gasteiger partial charge in [0.05, 0.1) is 36.5 Å². The van der Waals surface area contributed by atoms with Gasteiger partial charge in [0.15, 0.2) is 10.2 Å². The number of thiocarbonyl (C=S) groups is 2. The fraction of sp³-hybridized carbons (Fsp3) is 0.176. The van der Waals surface area contributed by atoms with Crippen molar-refractivity contribution in [3.63, 3.8) is 0 Å². The molecule has 0 aromatic heterocycles. The zero-order chi connectivity index (χ0) is 44.9. The lowest BCUT2D eigenvalue weighted by Crippen LogP contribution is -2.30. The van der Waals surface area contributed by atoms with E-state index in [4.69, 9.17) is 33.9 Å². The molecule has 9 rings (SSSR count). The molecule has 65 heavy (non-hydrogen) atoms. The van der Waals surface area contributed by atoms with Gasteiger partial charge in [-0.2, -0.15) is 10.5 Å². The number of hydrogen-bond acceptors (Lipinski definition) is 8. The van der Waals surface area contributed by atoms with E-state index in [-0.39, 0.29) is 13.2 Å². The third-order valence-electron chi connectivity index (χ3n) is 11.6. The molecule has 0 atom stereocenters. The summed E-state index contributed by atoms with van der Waals surface area (Å²) >= 11 is 11.1. The van der Waals surface area contributed by atoms with Crippen LogP contribution in [0, 0.1) is 22.7 Å². The Bertz CT molecular complexity index is 2810. The zero-order valence-electron chi connectivity index (χ0n) is 35.1. The second-order valence-electron chi connectivity index (χ2n) is 16.0. The second kappa shape index (κ2) is 18.9. The highest BCUT2D eigenvalue weighted by Gasteiger charge is 2.22. The molecule has 0 unspecified atom stereocenters. The van der Waals surface area contributed by atoms with Crippen LogP contribution in [0.3, 0.4) is 0 Å². The molecule has 0 spiro atoms. The fourth-order valence-electron chi connectivity index (χ4n) is 8.62. The molecule has 6 aromatic carbocycles. The van der Waals surface area contributed by atoms with Crippen LogP contribution >= 0.6 is 24.4 Å². The highest BCUT2D eigenvalue weighted by Crippen LogP contribution is 2.41. The first-order valence-electron chi connectivity index (χ1n) is 21.3. The summed E-state index contributed by atoms with van der Waals surface area (Å²) in [6.07, 6.45) is 2.29. The van der Waals surface area contributed by atoms with E-state index in [1.807, 2.05) is 84.9 Å². The predicted molar refractivity (Wildman–Crippen MR) is 261 cm³/mol. The number of fused-ring (bicyclic) bond motifs is 9. The van der Waals surface area contributed by atoms with Crippen molar-refractivity contribution in [1.82, 2.24) is 10.6 Å². The third-order valence-corrected chi connectivity index (χ3v) is 12.1. The minimum Gasteiger partial charge on any atom is -0.449 e. The molecule has 12 nitrogen and oxygen atoms in total. The van der Waals surface area contributed by atoms with E-state index in [1.165, 1.54) is 22.3 Å². The molecule has 322 valence electrons. The van der Waals surface area contributed by atoms with Crippen molar-refractivity contribution in [1.29, 1.82) is 10.5 Å². The number of amides is 2. The summed E-state index contributed by atoms with van der Waals surface area (Å²) in [5, 5.41) is 38.0. The first-order valence-corrected chi connectivity index (χ1v) is 22.1. The molecular formula is C51H42N8O4S2. The third kappa shape index (κ3) is 9.75. The number of anilines is 4. The highest BCUT2D eigenvalue weighted by molar-refractivity contribution is 7.80. The van der Waals surface area contributed by atoms with E-state index in [0.29, 0.717) is 71.5 Å². The average Bonchev–Trinajstić information content (AvgIpc) is 3.97. The molecular weight excluding hydrogens is 853 g/mol. The van der Waals surface area contributed by atoms with Crippen molar-refractivity contribution >= 4 is 69.6 Å². The summed E-state index contributed by atoms with van der Waals surface area (Å²) in [4.78, 5) is 25.0. The van der Waals surface area contributed by atoms with Gasteiger partial charge >= 0.3 is 12.2 Å². The summed E-state index contributed by atoms with van der Waals surface area (Å²) in [7, 11) is 0. The maximum atomic E-state index is 12.5. The summed E-state index contributed by atoms with van der Waals surface area (Å²) in [5.74, 6) is 0. The Labute approximate surface area is 387 Å². The molecule has 3 aliphatic carbocycles. The Morgan fingerprint density at radius 1 is 0.462 bits per heavy atom. The number of carbonyl (C=O) groups is 2. The number of rotatable bonds is 12. The second-order valence-corrected chi connectivity index (χ2v) is 16.8. The largest absolute Gasteiger partial charge is 0.449 e. The minimum atomic E-state index is -0.520. The van der Waals surface area contributed by atoms with Crippen LogP contribution in [-0.2, 0) is 28.7 Å². The Kier molecular flexibility index (Phi) is 12.4. The fourth-order valence-corrected chi connectivity index (χ4v) is 9.06. The van der Waals surface area contributed by atoms with Gasteiger partial charge in [0, 0.05) is 35.8 Å². The van der Waals surface area contributed by atoms with Crippen molar-refractivity contribution in [3.8, 4) is 45.5 Å². The lowest BCUT2D eigenvalue weighted by molar-refractivity contribution is 0.159. The van der Waals surface area contributed by atoms with Gasteiger partial charge in [-0.05, 0) is 196 Å². The van der Waals surface area contributed by atoms with Gasteiger partial charge in [-0.25, -0.2) is 9.59 Å². The SMILES string of the molecule is N#Cc1ccc2c(c1)Cc1cc(NC(=O)OCCCNC(=S)Nc3ccc4c(c3)Cc3cc(NC(=S)NCCCOC(=O)Nc5ccc6c(c5)Cc5cc(C#N)ccc5-6)ccc3-4)ccc1-2. The molecule has 2 amide bonds. The average molecular weight is 895 g/mol. The van der Waals surface area contributed by atoms with E-state index < -0.39 is 12.2 Å². The van der Waals surface area contributed by atoms with Gasteiger partial charge in [-0.1, -0.05) is 36.4 Å². The smallest absolute Gasteiger partial charge is 0.411 e. The van der Waals surface area contributed by atoms with Crippen molar-refractivity contribution in [2.75, 3.05) is 47.6 Å². The maximum absolute atomic E-state index is 12.5. The standard InChI is InChI=1S/C51H42N8O4S2/c52-28-30-3-9-42-32(19-30)21-34-26-40(7-13-44(34)42)58-50(60)62-17-1-15-54-48(64)56-38-5-11-46-36(24-38)23-37-25-39(6-12-47(37)46)57-49(65)55-16-2-18-63-51(61)59-41-8-14-45-35(27-41)22-33-20-31(29-53)4-10-43(33)45/h3-14,19-20,24-27H,1-2,15-18,21-23H2,(H,58,60)(H,59,61)(H2,54,56,64)(H2,55,57,65). The molecule has 3 aliphatic rings. The molecule has 14 heteroatoms. The number of ether oxygens (including phenoxy) is 2. The molecule has 0 aliphatic heterocycles. The normalized spacial score (nSPS) is 11.8. The molecule has 0 radical (unpaired) electrons. The number of hydrogen-bond donors (Lipinski definition) is 6. The minimum absolute atomic E-state index is 0.223. The molecule has 0 heterocycles. The number of nitrogens with zero attached hydrogens (tertiary/aromatic N) is 2. The van der Waals surface area contributed by atoms with Crippen LogP contribution < -0.4 is 31.9 Å². The molecule has 0 saturated carbocycles. The van der Waals surface area contributed by atoms with Gasteiger partial charge in [0.1, 0.15) is 0 Å². The lowest BCUT2D eigenvalue weighted by Gasteiger charge is -2.12. The van der Waals surface area contributed by atoms with Crippen LogP contribution in [0.15, 0.2) is 109 Å². The first-order chi connectivity index (χ1) is 31.7. The Hall–Kier alpha value is -7.78. The van der Waals surface area contributed by atoms with Gasteiger partial charge in [0.2, 0.25) is 0 Å². The topological polar surface area (TPSA) is 172 Å². The summed E-state index contributed by atoms with van der Waals surface area (Å²) < 4.78 is 10.8. The van der Waals surface area contributed by atoms with E-state index in [0.717, 1.165) is 62.3 Å². The van der Waals surface area contributed by atoms with E-state index in [2.05, 4.69) is 68.3 Å². The first kappa shape index (κ1) is 42.5. The maximum Gasteiger partial charge on any atom is 0.411 e. The van der Waals surface area contributed by atoms with Crippen LogP contribution in [0.25, 0.3) is 33.4 Å². The van der Waals surface area contributed by atoms with Crippen LogP contribution in [0.4, 0.5) is 32.3 Å². The van der Waals surface area contributed by atoms with Crippen molar-refractivity contribution in [2.45, 2.75) is 32.1 Å². The molecule has 0 fully saturated rings. The Balaban J connectivity index is 0.648. The van der Waals surface area contributed by atoms with Crippen molar-refractivity contribution in [2.24, 2.45) is 0 Å². The van der Waals surface area contributed by atoms with E-state index in [1.54, 1.807) is 0 Å². The Morgan fingerprint density at radius 2 is 0.769 bits per heavy atom. The summed E-state index contributed by atoms with van der Waals surface area (Å²) in [6.45, 7) is 1.49. The molecule has 6 aromatic rings. The summed E-state index contributed by atoms with van der Waals surface area (Å²) in [5.41, 5.74) is 18.0.